The van der Waals surface area contributed by atoms with Crippen molar-refractivity contribution in [3.05, 3.63) is 29.8 Å². The number of hydrogen-bond acceptors (Lipinski definition) is 11. The number of benzene rings is 1. The fourth-order valence-corrected chi connectivity index (χ4v) is 12.6. The van der Waals surface area contributed by atoms with E-state index in [0.717, 1.165) is 4.90 Å². The molecule has 8 rings (SSSR count). The van der Waals surface area contributed by atoms with Crippen LogP contribution in [0.3, 0.4) is 0 Å². The van der Waals surface area contributed by atoms with Crippen LogP contribution in [-0.4, -0.2) is 115 Å². The Labute approximate surface area is 280 Å². The Hall–Kier alpha value is -2.74. The Morgan fingerprint density at radius 3 is 2.46 bits per heavy atom. The molecule has 260 valence electrons. The zero-order chi connectivity index (χ0) is 34.1. The number of aliphatic hydroxyl groups is 2. The van der Waals surface area contributed by atoms with Crippen LogP contribution in [0, 0.1) is 40.4 Å². The quantitative estimate of drug-likeness (QED) is 0.307. The van der Waals surface area contributed by atoms with E-state index in [2.05, 4.69) is 4.90 Å². The lowest BCUT2D eigenvalue weighted by Gasteiger charge is -2.69. The first kappa shape index (κ1) is 32.5. The third-order valence-electron chi connectivity index (χ3n) is 14.0. The molecule has 2 heterocycles. The molecule has 2 N–H and O–H groups in total. The van der Waals surface area contributed by atoms with Gasteiger partial charge in [0, 0.05) is 69.3 Å². The summed E-state index contributed by atoms with van der Waals surface area (Å²) in [5, 5.41) is 26.1. The number of likely N-dealkylation sites (tertiary alicyclic amines) is 1. The molecule has 1 unspecified atom stereocenters. The average molecular weight is 667 g/mol. The molecule has 1 aromatic carbocycles. The summed E-state index contributed by atoms with van der Waals surface area (Å²) in [7, 11) is 4.78. The number of rotatable bonds is 8. The largest absolute Gasteiger partial charge is 0.461 e. The Kier molecular flexibility index (Phi) is 7.19. The third-order valence-corrected chi connectivity index (χ3v) is 14.0. The molecule has 7 fully saturated rings. The highest BCUT2D eigenvalue weighted by molar-refractivity contribution is 6.22. The molecule has 12 heteroatoms. The Morgan fingerprint density at radius 1 is 1.06 bits per heavy atom. The molecule has 1 aromatic rings. The first-order valence-corrected chi connectivity index (χ1v) is 17.3. The molecule has 0 aromatic heterocycles. The minimum absolute atomic E-state index is 0.0195. The molecule has 12 nitrogen and oxygen atoms in total. The van der Waals surface area contributed by atoms with Crippen LogP contribution >= 0.6 is 0 Å². The molecule has 7 aliphatic rings. The van der Waals surface area contributed by atoms with Crippen molar-refractivity contribution in [2.75, 3.05) is 45.9 Å². The van der Waals surface area contributed by atoms with Gasteiger partial charge in [0.1, 0.15) is 17.0 Å². The van der Waals surface area contributed by atoms with Gasteiger partial charge in [-0.15, -0.1) is 0 Å². The maximum atomic E-state index is 14.1. The number of hydrogen-bond donors (Lipinski definition) is 2. The van der Waals surface area contributed by atoms with E-state index in [1.54, 1.807) is 52.5 Å². The summed E-state index contributed by atoms with van der Waals surface area (Å²) in [6, 6.07) is 5.93. The second-order valence-corrected chi connectivity index (χ2v) is 15.5. The molecule has 2 aliphatic heterocycles. The van der Waals surface area contributed by atoms with Crippen molar-refractivity contribution >= 4 is 29.3 Å². The van der Waals surface area contributed by atoms with E-state index in [1.807, 2.05) is 6.92 Å². The minimum Gasteiger partial charge on any atom is -0.461 e. The predicted octanol–water partition coefficient (Wildman–Crippen LogP) is 1.59. The van der Waals surface area contributed by atoms with Crippen LogP contribution in [-0.2, 0) is 33.3 Å². The van der Waals surface area contributed by atoms with Gasteiger partial charge >= 0.3 is 5.97 Å². The molecular weight excluding hydrogens is 620 g/mol. The fourth-order valence-electron chi connectivity index (χ4n) is 12.6. The number of nitrogens with zero attached hydrogens (tertiary/aromatic N) is 2. The number of likely N-dealkylation sites (N-methyl/N-ethyl adjacent to an activating group) is 1. The van der Waals surface area contributed by atoms with Gasteiger partial charge in [0.15, 0.2) is 0 Å². The first-order chi connectivity index (χ1) is 22.9. The number of para-hydroxylation sites is 1. The summed E-state index contributed by atoms with van der Waals surface area (Å²) in [6.07, 6.45) is 0.178. The highest BCUT2D eigenvalue weighted by Gasteiger charge is 2.91. The van der Waals surface area contributed by atoms with Crippen LogP contribution in [0.15, 0.2) is 24.3 Å². The third kappa shape index (κ3) is 3.56. The van der Waals surface area contributed by atoms with E-state index in [0.29, 0.717) is 32.4 Å². The molecule has 5 saturated carbocycles. The van der Waals surface area contributed by atoms with Gasteiger partial charge in [-0.1, -0.05) is 26.0 Å². The summed E-state index contributed by atoms with van der Waals surface area (Å²) in [4.78, 5) is 57.2. The van der Waals surface area contributed by atoms with Crippen molar-refractivity contribution in [1.29, 1.82) is 0 Å². The second-order valence-electron chi connectivity index (χ2n) is 15.5. The van der Waals surface area contributed by atoms with Crippen LogP contribution in [0.5, 0.6) is 0 Å². The van der Waals surface area contributed by atoms with Crippen molar-refractivity contribution in [3.63, 3.8) is 0 Å². The number of carbonyl (C=O) groups excluding carboxylic acids is 4. The number of fused-ring (bicyclic) bond motifs is 2. The molecule has 13 atom stereocenters. The molecule has 2 saturated heterocycles. The van der Waals surface area contributed by atoms with Crippen molar-refractivity contribution in [2.45, 2.75) is 81.5 Å². The van der Waals surface area contributed by atoms with Crippen LogP contribution < -0.4 is 4.90 Å². The smallest absolute Gasteiger partial charge is 0.340 e. The highest BCUT2D eigenvalue weighted by Crippen LogP contribution is 2.80. The summed E-state index contributed by atoms with van der Waals surface area (Å²) in [5.74, 6) is -3.81. The van der Waals surface area contributed by atoms with E-state index in [-0.39, 0.29) is 66.2 Å². The number of esters is 1. The van der Waals surface area contributed by atoms with Gasteiger partial charge in [-0.05, 0) is 43.9 Å². The molecule has 2 amide bonds. The lowest BCUT2D eigenvalue weighted by Crippen LogP contribution is -2.81. The number of carbonyl (C=O) groups is 4. The van der Waals surface area contributed by atoms with E-state index in [9.17, 15) is 29.4 Å². The summed E-state index contributed by atoms with van der Waals surface area (Å²) in [5.41, 5.74) is -4.80. The Balaban J connectivity index is 1.23. The van der Waals surface area contributed by atoms with Gasteiger partial charge in [0.2, 0.25) is 11.8 Å². The number of ketones is 1. The van der Waals surface area contributed by atoms with E-state index >= 15 is 0 Å². The number of anilines is 1. The summed E-state index contributed by atoms with van der Waals surface area (Å²) in [6.45, 7) is 4.72. The number of piperidine rings is 1. The Bertz CT molecular complexity index is 1580. The van der Waals surface area contributed by atoms with Crippen molar-refractivity contribution in [1.82, 2.24) is 4.90 Å². The average Bonchev–Trinajstić information content (AvgIpc) is 3.56. The van der Waals surface area contributed by atoms with Gasteiger partial charge < -0.3 is 29.2 Å². The van der Waals surface area contributed by atoms with Crippen LogP contribution in [0.25, 0.3) is 0 Å². The van der Waals surface area contributed by atoms with E-state index < -0.39 is 64.0 Å². The van der Waals surface area contributed by atoms with Crippen molar-refractivity contribution < 1.29 is 48.3 Å². The number of imide groups is 1. The second kappa shape index (κ2) is 10.6. The SMILES string of the molecule is CCN1C[C@@]2(COC(=O)c3ccccc3N3C(=O)C[C@@H](C)C3=O)CC[C@@H](OC)[C@@]34C1[C@@](O)([C@@H](OC)[C@@H]23)[C@]1(O)C[C@@H](OC)[C@@H]2C[C@H]4[C@H]1C2=O. The molecule has 1 spiro atoms. The number of amides is 2. The molecule has 7 bridgehead atoms. The number of Topliss-reactive ketones (excluding diaryl/α,β-unsaturated/α-hetero) is 1. The molecule has 0 radical (unpaired) electrons. The molecule has 5 aliphatic carbocycles. The zero-order valence-corrected chi connectivity index (χ0v) is 28.2. The monoisotopic (exact) mass is 666 g/mol. The highest BCUT2D eigenvalue weighted by atomic mass is 16.5. The van der Waals surface area contributed by atoms with Crippen LogP contribution in [0.2, 0.25) is 0 Å². The Morgan fingerprint density at radius 2 is 1.81 bits per heavy atom. The van der Waals surface area contributed by atoms with Gasteiger partial charge in [-0.3, -0.25) is 19.3 Å². The van der Waals surface area contributed by atoms with E-state index in [1.165, 1.54) is 0 Å². The summed E-state index contributed by atoms with van der Waals surface area (Å²) >= 11 is 0. The van der Waals surface area contributed by atoms with Gasteiger partial charge in [0.05, 0.1) is 48.1 Å². The lowest BCUT2D eigenvalue weighted by molar-refractivity contribution is -0.300. The standard InChI is InChI=1S/C36H46N2O10/c1-6-37-16-33(17-48-31(42)19-9-7-8-10-22(19)38-25(39)13-18(2)30(38)41)12-11-24(46-4)35-21-14-20-23(45-3)15-34(43,26(21)27(20)40)36(44,32(35)37)29(47-5)28(33)35/h7-10,18,20-21,23-24,26,28-29,32,43-44H,6,11-17H2,1-5H3/t18-,20+,21+,23-,24-,26+,28+,29+,32?,33-,34+,35-,36+/m1/s1. The fraction of sp³-hybridized carbons (Fsp3) is 0.722. The topological polar surface area (TPSA) is 152 Å². The van der Waals surface area contributed by atoms with Gasteiger partial charge in [0.25, 0.3) is 0 Å². The number of ether oxygens (including phenoxy) is 4. The van der Waals surface area contributed by atoms with Crippen molar-refractivity contribution in [3.8, 4) is 0 Å². The minimum atomic E-state index is -1.84. The zero-order valence-electron chi connectivity index (χ0n) is 28.2. The summed E-state index contributed by atoms with van der Waals surface area (Å²) < 4.78 is 24.7. The van der Waals surface area contributed by atoms with Crippen molar-refractivity contribution in [2.24, 2.45) is 40.4 Å². The van der Waals surface area contributed by atoms with Crippen LogP contribution in [0.1, 0.15) is 56.3 Å². The lowest BCUT2D eigenvalue weighted by atomic mass is 9.42. The van der Waals surface area contributed by atoms with Gasteiger partial charge in [-0.2, -0.15) is 0 Å². The van der Waals surface area contributed by atoms with E-state index in [4.69, 9.17) is 18.9 Å². The predicted molar refractivity (Wildman–Crippen MR) is 169 cm³/mol. The molecule has 48 heavy (non-hydrogen) atoms. The van der Waals surface area contributed by atoms with Crippen LogP contribution in [0.4, 0.5) is 5.69 Å². The normalized spacial score (nSPS) is 47.2. The van der Waals surface area contributed by atoms with Gasteiger partial charge in [-0.25, -0.2) is 9.69 Å². The molecular formula is C36H46N2O10. The number of methoxy groups -OCH3 is 3. The maximum absolute atomic E-state index is 14.1. The first-order valence-electron chi connectivity index (χ1n) is 17.3. The maximum Gasteiger partial charge on any atom is 0.340 e.